The van der Waals surface area contributed by atoms with Crippen molar-refractivity contribution in [3.05, 3.63) is 64.4 Å². The lowest BCUT2D eigenvalue weighted by Gasteiger charge is -2.15. The molecular weight excluding hydrogens is 545 g/mol. The Labute approximate surface area is 224 Å². The Balaban J connectivity index is 0.00000247. The van der Waals surface area contributed by atoms with Crippen molar-refractivity contribution in [1.29, 1.82) is 0 Å². The van der Waals surface area contributed by atoms with Crippen molar-refractivity contribution < 1.29 is 36.6 Å². The topological polar surface area (TPSA) is 111 Å². The second-order valence-corrected chi connectivity index (χ2v) is 9.72. The maximum Gasteiger partial charge on any atom is 0.419 e. The van der Waals surface area contributed by atoms with Crippen molar-refractivity contribution in [2.45, 2.75) is 58.2 Å². The summed E-state index contributed by atoms with van der Waals surface area (Å²) in [4.78, 5) is 17.6. The molecule has 13 heteroatoms. The van der Waals surface area contributed by atoms with Gasteiger partial charge in [0.2, 0.25) is 0 Å². The van der Waals surface area contributed by atoms with Gasteiger partial charge in [-0.25, -0.2) is 4.39 Å². The maximum atomic E-state index is 13.7. The van der Waals surface area contributed by atoms with Gasteiger partial charge in [-0.15, -0.1) is 10.2 Å². The molecule has 0 spiro atoms. The lowest BCUT2D eigenvalue weighted by molar-refractivity contribution is -0.138. The molecule has 2 aromatic carbocycles. The largest absolute Gasteiger partial charge is 0.493 e. The molecule has 1 unspecified atom stereocenters. The minimum Gasteiger partial charge on any atom is -0.493 e. The fraction of sp³-hybridized carbons (Fsp3) is 0.440. The molecule has 7 nitrogen and oxygen atoms in total. The summed E-state index contributed by atoms with van der Waals surface area (Å²) in [5, 5.41) is 8.29. The molecule has 3 aromatic rings. The zero-order valence-corrected chi connectivity index (χ0v) is 22.8. The summed E-state index contributed by atoms with van der Waals surface area (Å²) in [6.07, 6.45) is -0.626. The first kappa shape index (κ1) is 32.0. The number of aromatic nitrogens is 2. The number of aryl methyl sites for hydroxylation is 1. The molecule has 1 aromatic heterocycles. The van der Waals surface area contributed by atoms with Gasteiger partial charge in [0.15, 0.2) is 0 Å². The van der Waals surface area contributed by atoms with Gasteiger partial charge in [0.05, 0.1) is 24.8 Å². The van der Waals surface area contributed by atoms with E-state index in [1.165, 1.54) is 24.3 Å². The molecule has 1 atom stereocenters. The van der Waals surface area contributed by atoms with Crippen LogP contribution in [-0.4, -0.2) is 33.2 Å². The summed E-state index contributed by atoms with van der Waals surface area (Å²) in [5.74, 6) is -0.530. The van der Waals surface area contributed by atoms with Crippen LogP contribution < -0.4 is 10.5 Å². The molecule has 0 saturated heterocycles. The van der Waals surface area contributed by atoms with Gasteiger partial charge in [-0.2, -0.15) is 13.2 Å². The number of halogens is 4. The first-order valence-corrected chi connectivity index (χ1v) is 14.1. The minimum atomic E-state index is -4.63. The molecule has 0 amide bonds. The molecule has 0 bridgehead atoms. The van der Waals surface area contributed by atoms with Crippen LogP contribution in [0.5, 0.6) is 5.75 Å². The zero-order chi connectivity index (χ0) is 28.1. The van der Waals surface area contributed by atoms with Crippen LogP contribution in [0.4, 0.5) is 17.6 Å². The highest BCUT2D eigenvalue weighted by Gasteiger charge is 2.35. The monoisotopic (exact) mass is 577 g/mol. The predicted molar refractivity (Wildman–Crippen MR) is 140 cm³/mol. The number of benzene rings is 2. The van der Waals surface area contributed by atoms with Gasteiger partial charge >= 0.3 is 14.8 Å². The summed E-state index contributed by atoms with van der Waals surface area (Å²) in [6.45, 7) is 3.93. The van der Waals surface area contributed by atoms with Crippen LogP contribution in [0.15, 0.2) is 42.5 Å². The van der Waals surface area contributed by atoms with Crippen LogP contribution in [0.25, 0.3) is 10.6 Å². The molecule has 0 saturated carbocycles. The second-order valence-electron chi connectivity index (χ2n) is 7.95. The maximum absolute atomic E-state index is 13.7. The van der Waals surface area contributed by atoms with Crippen molar-refractivity contribution in [3.63, 3.8) is 0 Å². The number of unbranched alkanes of at least 4 members (excludes halogenated alkanes) is 3. The van der Waals surface area contributed by atoms with E-state index in [1.54, 1.807) is 12.1 Å². The number of hydrogen-bond acceptors (Lipinski definition) is 8. The number of alkyl halides is 3. The minimum absolute atomic E-state index is 0.148. The average molecular weight is 578 g/mol. The Kier molecular flexibility index (Phi) is 13.5. The van der Waals surface area contributed by atoms with Gasteiger partial charge < -0.3 is 24.8 Å². The summed E-state index contributed by atoms with van der Waals surface area (Å²) < 4.78 is 64.1. The van der Waals surface area contributed by atoms with E-state index < -0.39 is 26.4 Å². The van der Waals surface area contributed by atoms with E-state index in [-0.39, 0.29) is 40.4 Å². The first-order chi connectivity index (χ1) is 18.1. The van der Waals surface area contributed by atoms with E-state index in [4.69, 9.17) is 20.3 Å². The van der Waals surface area contributed by atoms with Gasteiger partial charge in [-0.3, -0.25) is 0 Å². The fourth-order valence-corrected chi connectivity index (χ4v) is 4.47. The zero-order valence-electron chi connectivity index (χ0n) is 21.1. The number of nitrogens with two attached hydrogens (primary N) is 1. The van der Waals surface area contributed by atoms with Crippen LogP contribution in [0.2, 0.25) is 0 Å². The van der Waals surface area contributed by atoms with E-state index >= 15 is 0 Å². The Morgan fingerprint density at radius 2 is 1.68 bits per heavy atom. The molecule has 0 aliphatic rings. The van der Waals surface area contributed by atoms with Crippen molar-refractivity contribution in [2.24, 2.45) is 5.73 Å². The van der Waals surface area contributed by atoms with Crippen LogP contribution in [-0.2, 0) is 17.1 Å². The van der Waals surface area contributed by atoms with Gasteiger partial charge in [-0.05, 0) is 55.2 Å². The molecule has 210 valence electrons. The Morgan fingerprint density at radius 1 is 1.00 bits per heavy atom. The van der Waals surface area contributed by atoms with Crippen LogP contribution in [0.3, 0.4) is 0 Å². The van der Waals surface area contributed by atoms with Crippen molar-refractivity contribution >= 4 is 19.9 Å². The van der Waals surface area contributed by atoms with Crippen LogP contribution in [0, 0.1) is 5.82 Å². The molecule has 0 aliphatic carbocycles. The Bertz CT molecular complexity index is 1100. The summed E-state index contributed by atoms with van der Waals surface area (Å²) in [6, 6.07) is 9.23. The first-order valence-electron chi connectivity index (χ1n) is 12.1. The van der Waals surface area contributed by atoms with Gasteiger partial charge in [0.1, 0.15) is 21.6 Å². The van der Waals surface area contributed by atoms with Gasteiger partial charge in [0, 0.05) is 5.56 Å². The summed E-state index contributed by atoms with van der Waals surface area (Å²) in [5.41, 5.74) is 6.19. The average Bonchev–Trinajstić information content (AvgIpc) is 3.39. The highest BCUT2D eigenvalue weighted by Crippen LogP contribution is 2.39. The molecule has 3 rings (SSSR count). The predicted octanol–water partition coefficient (Wildman–Crippen LogP) is 6.80. The number of rotatable bonds is 13. The highest BCUT2D eigenvalue weighted by atomic mass is 32.1. The molecule has 1 heterocycles. The quantitative estimate of drug-likeness (QED) is 0.116. The third-order valence-corrected chi connectivity index (χ3v) is 6.67. The Hall–Kier alpha value is -2.21. The normalized spacial score (nSPS) is 12.3. The van der Waals surface area contributed by atoms with Crippen molar-refractivity contribution in [2.75, 3.05) is 13.2 Å². The van der Waals surface area contributed by atoms with Gasteiger partial charge in [0.25, 0.3) is 0 Å². The van der Waals surface area contributed by atoms with E-state index in [1.807, 2.05) is 13.8 Å². The molecule has 0 fully saturated rings. The standard InChI is InChI=1S/C23H26F4N3O4PS.C2H6/c24-17-9-6-15(7-10-17)5-3-1-2-4-12-33-20-11-8-16(13-18(20)23(25,26)27)21-29-30-22(36-21)19(28)14-34-35(31)32;1-2/h6-11,13,19,31-32H,1-5,12,14,28H2;1-2H3. The summed E-state index contributed by atoms with van der Waals surface area (Å²) >= 11 is 0.989. The molecule has 0 aliphatic heterocycles. The van der Waals surface area contributed by atoms with Crippen molar-refractivity contribution in [1.82, 2.24) is 10.2 Å². The van der Waals surface area contributed by atoms with E-state index in [2.05, 4.69) is 14.7 Å². The molecule has 38 heavy (non-hydrogen) atoms. The molecular formula is C25H32F4N3O4PS. The lowest BCUT2D eigenvalue weighted by Crippen LogP contribution is -2.15. The smallest absolute Gasteiger partial charge is 0.419 e. The van der Waals surface area contributed by atoms with Crippen molar-refractivity contribution in [3.8, 4) is 16.3 Å². The summed E-state index contributed by atoms with van der Waals surface area (Å²) in [7, 11) is -2.58. The van der Waals surface area contributed by atoms with Crippen LogP contribution in [0.1, 0.15) is 61.7 Å². The van der Waals surface area contributed by atoms with E-state index in [0.29, 0.717) is 6.42 Å². The number of hydrogen-bond donors (Lipinski definition) is 3. The number of ether oxygens (including phenoxy) is 1. The second kappa shape index (κ2) is 16.0. The van der Waals surface area contributed by atoms with E-state index in [9.17, 15) is 17.6 Å². The third kappa shape index (κ3) is 10.5. The molecule has 0 radical (unpaired) electrons. The highest BCUT2D eigenvalue weighted by molar-refractivity contribution is 7.39. The third-order valence-electron chi connectivity index (χ3n) is 5.19. The van der Waals surface area contributed by atoms with Crippen LogP contribution >= 0.6 is 19.9 Å². The fourth-order valence-electron chi connectivity index (χ4n) is 3.35. The van der Waals surface area contributed by atoms with E-state index in [0.717, 1.165) is 48.6 Å². The van der Waals surface area contributed by atoms with Gasteiger partial charge in [-0.1, -0.05) is 50.2 Å². The lowest BCUT2D eigenvalue weighted by atomic mass is 10.1. The number of nitrogens with zero attached hydrogens (tertiary/aromatic N) is 2. The Morgan fingerprint density at radius 3 is 2.34 bits per heavy atom. The molecule has 4 N–H and O–H groups in total. The SMILES string of the molecule is CC.NC(COP(O)O)c1nnc(-c2ccc(OCCCCCCc3ccc(F)cc3)c(C(F)(F)F)c2)s1.